The predicted molar refractivity (Wildman–Crippen MR) is 66.4 cm³/mol. The van der Waals surface area contributed by atoms with E-state index in [1.807, 2.05) is 6.92 Å². The molecule has 0 aliphatic carbocycles. The molecule has 1 aromatic carbocycles. The molecule has 2 nitrogen and oxygen atoms in total. The summed E-state index contributed by atoms with van der Waals surface area (Å²) in [5, 5.41) is 3.32. The second kappa shape index (κ2) is 6.19. The molecule has 0 saturated heterocycles. The van der Waals surface area contributed by atoms with E-state index in [4.69, 9.17) is 18.0 Å². The Morgan fingerprint density at radius 1 is 1.62 bits per heavy atom. The number of hydrogen-bond acceptors (Lipinski definition) is 1. The van der Waals surface area contributed by atoms with Crippen LogP contribution >= 0.6 is 11.6 Å². The molecule has 0 aromatic heterocycles. The van der Waals surface area contributed by atoms with Crippen LogP contribution in [0.2, 0.25) is 5.02 Å². The third-order valence-corrected chi connectivity index (χ3v) is 2.41. The normalized spacial score (nSPS) is 11.6. The van der Waals surface area contributed by atoms with E-state index in [-0.39, 0.29) is 11.9 Å². The molecular weight excluding hydrogens is 222 g/mol. The van der Waals surface area contributed by atoms with Crippen LogP contribution in [0.5, 0.6) is 0 Å². The standard InChI is InChI=1S/C13H14ClNO/c1-3-6-12(4-2)15-13(16)10-7-5-8-11(14)9-10/h2,5,7-9,12H,3,6H2,1H3,(H,15,16). The largest absolute Gasteiger partial charge is 0.338 e. The van der Waals surface area contributed by atoms with Crippen LogP contribution in [0.25, 0.3) is 0 Å². The van der Waals surface area contributed by atoms with Crippen molar-refractivity contribution in [2.24, 2.45) is 0 Å². The van der Waals surface area contributed by atoms with Crippen molar-refractivity contribution in [3.05, 3.63) is 34.9 Å². The van der Waals surface area contributed by atoms with Gasteiger partial charge in [-0.05, 0) is 24.6 Å². The fourth-order valence-corrected chi connectivity index (χ4v) is 1.55. The highest BCUT2D eigenvalue weighted by molar-refractivity contribution is 6.30. The zero-order valence-corrected chi connectivity index (χ0v) is 9.92. The van der Waals surface area contributed by atoms with Crippen LogP contribution in [0.1, 0.15) is 30.1 Å². The number of amides is 1. The van der Waals surface area contributed by atoms with Gasteiger partial charge in [0.05, 0.1) is 6.04 Å². The van der Waals surface area contributed by atoms with E-state index in [0.29, 0.717) is 10.6 Å². The van der Waals surface area contributed by atoms with Gasteiger partial charge in [0.1, 0.15) is 0 Å². The summed E-state index contributed by atoms with van der Waals surface area (Å²) in [6.45, 7) is 2.02. The minimum atomic E-state index is -0.212. The highest BCUT2D eigenvalue weighted by atomic mass is 35.5. The molecule has 1 aromatic rings. The summed E-state index contributed by atoms with van der Waals surface area (Å²) in [4.78, 5) is 11.8. The third-order valence-electron chi connectivity index (χ3n) is 2.17. The maximum atomic E-state index is 11.8. The van der Waals surface area contributed by atoms with Crippen molar-refractivity contribution in [3.8, 4) is 12.3 Å². The molecule has 1 rings (SSSR count). The zero-order chi connectivity index (χ0) is 12.0. The van der Waals surface area contributed by atoms with Gasteiger partial charge in [-0.2, -0.15) is 0 Å². The topological polar surface area (TPSA) is 29.1 Å². The lowest BCUT2D eigenvalue weighted by Gasteiger charge is -2.11. The number of nitrogens with one attached hydrogen (secondary N) is 1. The van der Waals surface area contributed by atoms with Crippen molar-refractivity contribution in [1.82, 2.24) is 5.32 Å². The zero-order valence-electron chi connectivity index (χ0n) is 9.16. The minimum absolute atomic E-state index is 0.182. The number of terminal acetylenes is 1. The molecule has 1 N–H and O–H groups in total. The number of carbonyl (C=O) groups is 1. The average molecular weight is 236 g/mol. The summed E-state index contributed by atoms with van der Waals surface area (Å²) in [6.07, 6.45) is 7.04. The molecule has 1 amide bonds. The fraction of sp³-hybridized carbons (Fsp3) is 0.308. The Hall–Kier alpha value is -1.46. The van der Waals surface area contributed by atoms with Gasteiger partial charge in [0.2, 0.25) is 0 Å². The van der Waals surface area contributed by atoms with Crippen molar-refractivity contribution in [1.29, 1.82) is 0 Å². The highest BCUT2D eigenvalue weighted by Crippen LogP contribution is 2.10. The van der Waals surface area contributed by atoms with Crippen LogP contribution in [0.15, 0.2) is 24.3 Å². The van der Waals surface area contributed by atoms with E-state index in [0.717, 1.165) is 12.8 Å². The van der Waals surface area contributed by atoms with Gasteiger partial charge in [0.25, 0.3) is 5.91 Å². The second-order valence-corrected chi connectivity index (χ2v) is 3.93. The van der Waals surface area contributed by atoms with E-state index in [2.05, 4.69) is 11.2 Å². The Morgan fingerprint density at radius 2 is 2.38 bits per heavy atom. The van der Waals surface area contributed by atoms with Gasteiger partial charge in [-0.25, -0.2) is 0 Å². The molecule has 0 fully saturated rings. The molecule has 16 heavy (non-hydrogen) atoms. The fourth-order valence-electron chi connectivity index (χ4n) is 1.36. The minimum Gasteiger partial charge on any atom is -0.338 e. The third kappa shape index (κ3) is 3.60. The Balaban J connectivity index is 2.69. The Kier molecular flexibility index (Phi) is 4.88. The van der Waals surface area contributed by atoms with Gasteiger partial charge in [0, 0.05) is 10.6 Å². The van der Waals surface area contributed by atoms with E-state index >= 15 is 0 Å². The number of rotatable bonds is 4. The first-order chi connectivity index (χ1) is 7.67. The van der Waals surface area contributed by atoms with E-state index < -0.39 is 0 Å². The lowest BCUT2D eigenvalue weighted by Crippen LogP contribution is -2.33. The van der Waals surface area contributed by atoms with Crippen LogP contribution in [0.3, 0.4) is 0 Å². The van der Waals surface area contributed by atoms with Crippen LogP contribution in [-0.2, 0) is 0 Å². The van der Waals surface area contributed by atoms with E-state index in [1.165, 1.54) is 0 Å². The van der Waals surface area contributed by atoms with Crippen molar-refractivity contribution in [2.45, 2.75) is 25.8 Å². The number of benzene rings is 1. The molecule has 3 heteroatoms. The van der Waals surface area contributed by atoms with Gasteiger partial charge in [-0.1, -0.05) is 36.9 Å². The maximum Gasteiger partial charge on any atom is 0.252 e. The lowest BCUT2D eigenvalue weighted by atomic mass is 10.1. The Bertz CT molecular complexity index is 409. The van der Waals surface area contributed by atoms with E-state index in [1.54, 1.807) is 24.3 Å². The molecule has 1 atom stereocenters. The van der Waals surface area contributed by atoms with E-state index in [9.17, 15) is 4.79 Å². The highest BCUT2D eigenvalue weighted by Gasteiger charge is 2.10. The van der Waals surface area contributed by atoms with Crippen molar-refractivity contribution in [2.75, 3.05) is 0 Å². The first-order valence-corrected chi connectivity index (χ1v) is 5.57. The first kappa shape index (κ1) is 12.6. The Morgan fingerprint density at radius 3 is 2.94 bits per heavy atom. The predicted octanol–water partition coefficient (Wildman–Crippen LogP) is 2.87. The van der Waals surface area contributed by atoms with Gasteiger partial charge < -0.3 is 5.32 Å². The number of carbonyl (C=O) groups excluding carboxylic acids is 1. The van der Waals surface area contributed by atoms with Crippen LogP contribution < -0.4 is 5.32 Å². The SMILES string of the molecule is C#CC(CCC)NC(=O)c1cccc(Cl)c1. The van der Waals surface area contributed by atoms with Crippen LogP contribution in [0.4, 0.5) is 0 Å². The number of hydrogen-bond donors (Lipinski definition) is 1. The molecular formula is C13H14ClNO. The molecule has 0 aliphatic heterocycles. The van der Waals surface area contributed by atoms with Gasteiger partial charge in [0.15, 0.2) is 0 Å². The molecule has 0 bridgehead atoms. The first-order valence-electron chi connectivity index (χ1n) is 5.20. The molecule has 0 aliphatic rings. The smallest absolute Gasteiger partial charge is 0.252 e. The lowest BCUT2D eigenvalue weighted by molar-refractivity contribution is 0.0944. The summed E-state index contributed by atoms with van der Waals surface area (Å²) < 4.78 is 0. The molecule has 0 saturated carbocycles. The molecule has 0 heterocycles. The summed E-state index contributed by atoms with van der Waals surface area (Å²) in [6, 6.07) is 6.58. The average Bonchev–Trinajstić information content (AvgIpc) is 2.28. The molecule has 1 unspecified atom stereocenters. The summed E-state index contributed by atoms with van der Waals surface area (Å²) in [7, 11) is 0. The second-order valence-electron chi connectivity index (χ2n) is 3.49. The van der Waals surface area contributed by atoms with Crippen LogP contribution in [0, 0.1) is 12.3 Å². The quantitative estimate of drug-likeness (QED) is 0.799. The van der Waals surface area contributed by atoms with Gasteiger partial charge in [-0.15, -0.1) is 6.42 Å². The molecule has 84 valence electrons. The molecule has 0 spiro atoms. The summed E-state index contributed by atoms with van der Waals surface area (Å²) in [5.41, 5.74) is 0.531. The monoisotopic (exact) mass is 235 g/mol. The van der Waals surface area contributed by atoms with Gasteiger partial charge in [-0.3, -0.25) is 4.79 Å². The number of halogens is 1. The summed E-state index contributed by atoms with van der Waals surface area (Å²) >= 11 is 5.80. The van der Waals surface area contributed by atoms with Crippen molar-refractivity contribution < 1.29 is 4.79 Å². The van der Waals surface area contributed by atoms with Crippen LogP contribution in [-0.4, -0.2) is 11.9 Å². The van der Waals surface area contributed by atoms with Crippen molar-refractivity contribution >= 4 is 17.5 Å². The van der Waals surface area contributed by atoms with Gasteiger partial charge >= 0.3 is 0 Å². The summed E-state index contributed by atoms with van der Waals surface area (Å²) in [5.74, 6) is 2.37. The Labute approximate surface area is 101 Å². The van der Waals surface area contributed by atoms with Crippen molar-refractivity contribution in [3.63, 3.8) is 0 Å². The maximum absolute atomic E-state index is 11.8. The molecule has 0 radical (unpaired) electrons.